The number of ether oxygens (including phenoxy) is 1. The van der Waals surface area contributed by atoms with Crippen molar-refractivity contribution in [2.45, 2.75) is 19.4 Å². The number of nitrogens with zero attached hydrogens (tertiary/aromatic N) is 1. The fraction of sp³-hybridized carbons (Fsp3) is 0.316. The molecule has 0 aromatic heterocycles. The van der Waals surface area contributed by atoms with Gasteiger partial charge in [0.1, 0.15) is 5.75 Å². The van der Waals surface area contributed by atoms with Crippen LogP contribution in [0.3, 0.4) is 0 Å². The van der Waals surface area contributed by atoms with Gasteiger partial charge in [-0.3, -0.25) is 9.10 Å². The predicted octanol–water partition coefficient (Wildman–Crippen LogP) is 2.97. The van der Waals surface area contributed by atoms with Crippen molar-refractivity contribution in [3.05, 3.63) is 59.7 Å². The third-order valence-electron chi connectivity index (χ3n) is 4.22. The average Bonchev–Trinajstić information content (AvgIpc) is 2.64. The van der Waals surface area contributed by atoms with Crippen LogP contribution in [0, 0.1) is 0 Å². The quantitative estimate of drug-likeness (QED) is 0.806. The summed E-state index contributed by atoms with van der Waals surface area (Å²) in [7, 11) is -0.248. The molecule has 7 heteroatoms. The van der Waals surface area contributed by atoms with Crippen LogP contribution in [0.15, 0.2) is 48.5 Å². The highest BCUT2D eigenvalue weighted by Gasteiger charge is 2.16. The van der Waals surface area contributed by atoms with Crippen molar-refractivity contribution in [2.75, 3.05) is 24.7 Å². The van der Waals surface area contributed by atoms with Crippen LogP contribution in [0.5, 0.6) is 5.75 Å². The third-order valence-corrected chi connectivity index (χ3v) is 5.43. The predicted molar refractivity (Wildman–Crippen MR) is 103 cm³/mol. The Morgan fingerprint density at radius 1 is 1.12 bits per heavy atom. The molecular weight excluding hydrogens is 352 g/mol. The Bertz CT molecular complexity index is 846. The zero-order chi connectivity index (χ0) is 19.3. The Balaban J connectivity index is 2.12. The molecule has 0 heterocycles. The molecule has 1 amide bonds. The minimum atomic E-state index is -3.33. The number of benzene rings is 2. The van der Waals surface area contributed by atoms with E-state index in [-0.39, 0.29) is 11.9 Å². The Morgan fingerprint density at radius 3 is 2.15 bits per heavy atom. The molecule has 0 aliphatic carbocycles. The largest absolute Gasteiger partial charge is 0.497 e. The van der Waals surface area contributed by atoms with E-state index in [2.05, 4.69) is 5.32 Å². The van der Waals surface area contributed by atoms with Crippen molar-refractivity contribution in [2.24, 2.45) is 0 Å². The van der Waals surface area contributed by atoms with Crippen LogP contribution in [-0.2, 0) is 10.0 Å². The van der Waals surface area contributed by atoms with E-state index >= 15 is 0 Å². The van der Waals surface area contributed by atoms with Crippen LogP contribution in [0.2, 0.25) is 0 Å². The van der Waals surface area contributed by atoms with E-state index in [1.165, 1.54) is 11.4 Å². The maximum Gasteiger partial charge on any atom is 0.251 e. The molecular formula is C19H24N2O4S. The van der Waals surface area contributed by atoms with Gasteiger partial charge in [0, 0.05) is 12.6 Å². The summed E-state index contributed by atoms with van der Waals surface area (Å²) in [6, 6.07) is 13.9. The summed E-state index contributed by atoms with van der Waals surface area (Å²) in [6.07, 6.45) is 1.88. The highest BCUT2D eigenvalue weighted by atomic mass is 32.2. The number of rotatable bonds is 7. The van der Waals surface area contributed by atoms with Gasteiger partial charge in [0.05, 0.1) is 25.1 Å². The summed E-state index contributed by atoms with van der Waals surface area (Å²) in [5.41, 5.74) is 1.98. The first-order chi connectivity index (χ1) is 12.3. The molecule has 0 spiro atoms. The van der Waals surface area contributed by atoms with Gasteiger partial charge in [-0.05, 0) is 48.4 Å². The first kappa shape index (κ1) is 19.8. The minimum absolute atomic E-state index is 0.119. The number of carbonyl (C=O) groups excluding carboxylic acids is 1. The zero-order valence-electron chi connectivity index (χ0n) is 15.4. The number of carbonyl (C=O) groups is 1. The molecule has 0 unspecified atom stereocenters. The summed E-state index contributed by atoms with van der Waals surface area (Å²) in [4.78, 5) is 12.5. The number of anilines is 1. The molecule has 0 saturated heterocycles. The standard InChI is InChI=1S/C19H24N2O4S/c1-5-18(14-8-12-17(25-3)13-9-14)20-19(22)15-6-10-16(11-7-15)21(2)26(4,23)24/h6-13,18H,5H2,1-4H3,(H,20,22)/t18-/m0/s1. The van der Waals surface area contributed by atoms with Gasteiger partial charge in [-0.15, -0.1) is 0 Å². The molecule has 0 radical (unpaired) electrons. The maximum absolute atomic E-state index is 12.5. The first-order valence-corrected chi connectivity index (χ1v) is 10.1. The molecule has 0 aliphatic heterocycles. The van der Waals surface area contributed by atoms with Crippen LogP contribution >= 0.6 is 0 Å². The molecule has 2 aromatic carbocycles. The molecule has 6 nitrogen and oxygen atoms in total. The second kappa shape index (κ2) is 8.23. The van der Waals surface area contributed by atoms with E-state index < -0.39 is 10.0 Å². The van der Waals surface area contributed by atoms with Gasteiger partial charge in [-0.1, -0.05) is 19.1 Å². The summed E-state index contributed by atoms with van der Waals surface area (Å²) in [5.74, 6) is 0.557. The van der Waals surface area contributed by atoms with Crippen LogP contribution in [0.1, 0.15) is 35.3 Å². The van der Waals surface area contributed by atoms with Gasteiger partial charge in [0.25, 0.3) is 5.91 Å². The van der Waals surface area contributed by atoms with Crippen molar-refractivity contribution in [1.82, 2.24) is 5.32 Å². The van der Waals surface area contributed by atoms with Crippen molar-refractivity contribution >= 4 is 21.6 Å². The Labute approximate surface area is 154 Å². The Kier molecular flexibility index (Phi) is 6.26. The zero-order valence-corrected chi connectivity index (χ0v) is 16.2. The number of hydrogen-bond donors (Lipinski definition) is 1. The topological polar surface area (TPSA) is 75.7 Å². The maximum atomic E-state index is 12.5. The third kappa shape index (κ3) is 4.76. The highest BCUT2D eigenvalue weighted by molar-refractivity contribution is 7.92. The molecule has 2 aromatic rings. The fourth-order valence-corrected chi connectivity index (χ4v) is 3.02. The van der Waals surface area contributed by atoms with Gasteiger partial charge in [0.2, 0.25) is 10.0 Å². The van der Waals surface area contributed by atoms with Crippen LogP contribution in [-0.4, -0.2) is 34.7 Å². The lowest BCUT2D eigenvalue weighted by atomic mass is 10.0. The van der Waals surface area contributed by atoms with Gasteiger partial charge in [-0.25, -0.2) is 8.42 Å². The van der Waals surface area contributed by atoms with Crippen molar-refractivity contribution in [3.8, 4) is 5.75 Å². The molecule has 140 valence electrons. The molecule has 0 aliphatic rings. The lowest BCUT2D eigenvalue weighted by Crippen LogP contribution is -2.28. The average molecular weight is 376 g/mol. The Hall–Kier alpha value is -2.54. The summed E-state index contributed by atoms with van der Waals surface area (Å²) in [6.45, 7) is 2.00. The molecule has 1 N–H and O–H groups in total. The number of hydrogen-bond acceptors (Lipinski definition) is 4. The number of sulfonamides is 1. The van der Waals surface area contributed by atoms with E-state index in [0.29, 0.717) is 11.3 Å². The van der Waals surface area contributed by atoms with E-state index in [1.54, 1.807) is 31.4 Å². The van der Waals surface area contributed by atoms with E-state index in [9.17, 15) is 13.2 Å². The second-order valence-corrected chi connectivity index (χ2v) is 8.00. The summed E-state index contributed by atoms with van der Waals surface area (Å²) >= 11 is 0. The normalized spacial score (nSPS) is 12.3. The van der Waals surface area contributed by atoms with Crippen LogP contribution in [0.4, 0.5) is 5.69 Å². The molecule has 26 heavy (non-hydrogen) atoms. The Morgan fingerprint density at radius 2 is 1.69 bits per heavy atom. The van der Waals surface area contributed by atoms with E-state index in [4.69, 9.17) is 4.74 Å². The monoisotopic (exact) mass is 376 g/mol. The SMILES string of the molecule is CC[C@H](NC(=O)c1ccc(N(C)S(C)(=O)=O)cc1)c1ccc(OC)cc1. The smallest absolute Gasteiger partial charge is 0.251 e. The van der Waals surface area contributed by atoms with Crippen molar-refractivity contribution in [1.29, 1.82) is 0 Å². The van der Waals surface area contributed by atoms with Gasteiger partial charge >= 0.3 is 0 Å². The highest BCUT2D eigenvalue weighted by Crippen LogP contribution is 2.21. The molecule has 0 bridgehead atoms. The number of nitrogens with one attached hydrogen (secondary N) is 1. The fourth-order valence-electron chi connectivity index (χ4n) is 2.51. The van der Waals surface area contributed by atoms with Crippen molar-refractivity contribution in [3.63, 3.8) is 0 Å². The van der Waals surface area contributed by atoms with Crippen LogP contribution < -0.4 is 14.4 Å². The minimum Gasteiger partial charge on any atom is -0.497 e. The molecule has 0 saturated carbocycles. The van der Waals surface area contributed by atoms with Gasteiger partial charge < -0.3 is 10.1 Å². The lowest BCUT2D eigenvalue weighted by molar-refractivity contribution is 0.0935. The number of methoxy groups -OCH3 is 1. The van der Waals surface area contributed by atoms with Crippen LogP contribution in [0.25, 0.3) is 0 Å². The van der Waals surface area contributed by atoms with E-state index in [1.807, 2.05) is 31.2 Å². The summed E-state index contributed by atoms with van der Waals surface area (Å²) in [5, 5.41) is 3.00. The number of amides is 1. The van der Waals surface area contributed by atoms with Gasteiger partial charge in [0.15, 0.2) is 0 Å². The summed E-state index contributed by atoms with van der Waals surface area (Å²) < 4.78 is 29.5. The molecule has 1 atom stereocenters. The van der Waals surface area contributed by atoms with Crippen molar-refractivity contribution < 1.29 is 17.9 Å². The van der Waals surface area contributed by atoms with Gasteiger partial charge in [-0.2, -0.15) is 0 Å². The second-order valence-electron chi connectivity index (χ2n) is 5.98. The molecule has 2 rings (SSSR count). The molecule has 0 fully saturated rings. The lowest BCUT2D eigenvalue weighted by Gasteiger charge is -2.19. The first-order valence-electron chi connectivity index (χ1n) is 8.25. The van der Waals surface area contributed by atoms with E-state index in [0.717, 1.165) is 24.0 Å².